The second-order valence-electron chi connectivity index (χ2n) is 5.80. The molecule has 5 heteroatoms. The largest absolute Gasteiger partial charge is 0.343 e. The minimum absolute atomic E-state index is 0.0124. The summed E-state index contributed by atoms with van der Waals surface area (Å²) in [7, 11) is 2.05. The monoisotopic (exact) mass is 315 g/mol. The van der Waals surface area contributed by atoms with Crippen LogP contribution in [0.4, 0.5) is 0 Å². The van der Waals surface area contributed by atoms with E-state index < -0.39 is 0 Å². The van der Waals surface area contributed by atoms with Crippen LogP contribution in [-0.4, -0.2) is 61.4 Å². The van der Waals surface area contributed by atoms with E-state index in [1.807, 2.05) is 55.3 Å². The first kappa shape index (κ1) is 17.2. The van der Waals surface area contributed by atoms with Gasteiger partial charge in [0.15, 0.2) is 0 Å². The van der Waals surface area contributed by atoms with Crippen LogP contribution in [0.25, 0.3) is 6.08 Å². The number of hydrogen-bond acceptors (Lipinski definition) is 3. The van der Waals surface area contributed by atoms with Gasteiger partial charge >= 0.3 is 0 Å². The summed E-state index contributed by atoms with van der Waals surface area (Å²) in [6.07, 6.45) is 2.50. The Labute approximate surface area is 138 Å². The van der Waals surface area contributed by atoms with Crippen LogP contribution in [0.15, 0.2) is 35.9 Å². The molecule has 0 aromatic heterocycles. The molecule has 23 heavy (non-hydrogen) atoms. The maximum atomic E-state index is 12.3. The van der Waals surface area contributed by atoms with Crippen LogP contribution in [0.5, 0.6) is 0 Å². The molecule has 0 spiro atoms. The number of amides is 2. The molecule has 0 radical (unpaired) electrons. The van der Waals surface area contributed by atoms with E-state index in [0.717, 1.165) is 31.7 Å². The molecule has 1 saturated heterocycles. The van der Waals surface area contributed by atoms with E-state index in [9.17, 15) is 9.59 Å². The minimum Gasteiger partial charge on any atom is -0.343 e. The van der Waals surface area contributed by atoms with E-state index in [1.165, 1.54) is 0 Å². The molecule has 1 aliphatic heterocycles. The summed E-state index contributed by atoms with van der Waals surface area (Å²) in [5.74, 6) is -0.180. The summed E-state index contributed by atoms with van der Waals surface area (Å²) in [4.78, 5) is 28.4. The Morgan fingerprint density at radius 3 is 2.39 bits per heavy atom. The summed E-state index contributed by atoms with van der Waals surface area (Å²) >= 11 is 0. The quantitative estimate of drug-likeness (QED) is 0.835. The molecule has 0 unspecified atom stereocenters. The van der Waals surface area contributed by atoms with Crippen LogP contribution < -0.4 is 5.32 Å². The lowest BCUT2D eigenvalue weighted by Gasteiger charge is -2.32. The molecular formula is C18H25N3O2. The predicted octanol–water partition coefficient (Wildman–Crippen LogP) is 1.37. The van der Waals surface area contributed by atoms with Crippen molar-refractivity contribution in [3.8, 4) is 0 Å². The molecule has 1 aromatic carbocycles. The molecule has 0 saturated carbocycles. The first-order valence-corrected chi connectivity index (χ1v) is 8.10. The number of carbonyl (C=O) groups is 2. The molecule has 0 atom stereocenters. The Morgan fingerprint density at radius 2 is 1.78 bits per heavy atom. The van der Waals surface area contributed by atoms with Gasteiger partial charge in [0.1, 0.15) is 0 Å². The Balaban J connectivity index is 1.87. The highest BCUT2D eigenvalue weighted by molar-refractivity contribution is 5.99. The van der Waals surface area contributed by atoms with E-state index in [1.54, 1.807) is 0 Å². The smallest absolute Gasteiger partial charge is 0.247 e. The number of benzene rings is 1. The number of piperazine rings is 1. The number of nitrogens with one attached hydrogen (secondary N) is 1. The first-order chi connectivity index (χ1) is 11.1. The van der Waals surface area contributed by atoms with E-state index in [0.29, 0.717) is 12.0 Å². The third kappa shape index (κ3) is 5.21. The Hall–Kier alpha value is -2.14. The molecule has 0 bridgehead atoms. The van der Waals surface area contributed by atoms with Gasteiger partial charge in [0.05, 0.1) is 6.54 Å². The second-order valence-corrected chi connectivity index (χ2v) is 5.80. The van der Waals surface area contributed by atoms with Crippen molar-refractivity contribution in [2.24, 2.45) is 0 Å². The van der Waals surface area contributed by atoms with Crippen molar-refractivity contribution in [1.82, 2.24) is 15.1 Å². The minimum atomic E-state index is -0.168. The van der Waals surface area contributed by atoms with Crippen molar-refractivity contribution >= 4 is 17.9 Å². The molecule has 2 amide bonds. The lowest BCUT2D eigenvalue weighted by Crippen LogP contribution is -2.50. The summed E-state index contributed by atoms with van der Waals surface area (Å²) in [6, 6.07) is 9.73. The summed E-state index contributed by atoms with van der Waals surface area (Å²) in [6.45, 7) is 5.23. The average molecular weight is 315 g/mol. The molecule has 2 rings (SSSR count). The molecule has 1 aromatic rings. The molecule has 1 heterocycles. The zero-order valence-corrected chi connectivity index (χ0v) is 13.9. The van der Waals surface area contributed by atoms with Gasteiger partial charge in [-0.05, 0) is 25.1 Å². The number of carbonyl (C=O) groups excluding carboxylic acids is 2. The van der Waals surface area contributed by atoms with Gasteiger partial charge in [0.2, 0.25) is 11.8 Å². The van der Waals surface area contributed by atoms with Crippen molar-refractivity contribution < 1.29 is 9.59 Å². The first-order valence-electron chi connectivity index (χ1n) is 8.10. The number of hydrogen-bond donors (Lipinski definition) is 1. The molecule has 1 N–H and O–H groups in total. The van der Waals surface area contributed by atoms with Crippen LogP contribution in [0.1, 0.15) is 18.9 Å². The number of likely N-dealkylation sites (N-methyl/N-ethyl adjacent to an activating group) is 1. The van der Waals surface area contributed by atoms with Gasteiger partial charge in [-0.3, -0.25) is 9.59 Å². The number of rotatable bonds is 5. The van der Waals surface area contributed by atoms with Crippen LogP contribution in [0, 0.1) is 0 Å². The van der Waals surface area contributed by atoms with Crippen molar-refractivity contribution in [3.63, 3.8) is 0 Å². The molecule has 1 fully saturated rings. The van der Waals surface area contributed by atoms with Crippen LogP contribution in [0.2, 0.25) is 0 Å². The van der Waals surface area contributed by atoms with Gasteiger partial charge < -0.3 is 15.1 Å². The topological polar surface area (TPSA) is 52.7 Å². The van der Waals surface area contributed by atoms with Crippen molar-refractivity contribution in [1.29, 1.82) is 0 Å². The van der Waals surface area contributed by atoms with Crippen molar-refractivity contribution in [2.75, 3.05) is 39.8 Å². The van der Waals surface area contributed by atoms with E-state index >= 15 is 0 Å². The molecular weight excluding hydrogens is 290 g/mol. The van der Waals surface area contributed by atoms with Gasteiger partial charge in [-0.1, -0.05) is 37.3 Å². The Bertz CT molecular complexity index is 561. The average Bonchev–Trinajstić information content (AvgIpc) is 2.58. The fourth-order valence-electron chi connectivity index (χ4n) is 2.52. The van der Waals surface area contributed by atoms with Gasteiger partial charge in [-0.15, -0.1) is 0 Å². The van der Waals surface area contributed by atoms with Crippen LogP contribution >= 0.6 is 0 Å². The van der Waals surface area contributed by atoms with Gasteiger partial charge in [0.25, 0.3) is 0 Å². The lowest BCUT2D eigenvalue weighted by molar-refractivity contribution is -0.133. The maximum absolute atomic E-state index is 12.3. The highest BCUT2D eigenvalue weighted by atomic mass is 16.2. The fourth-order valence-corrected chi connectivity index (χ4v) is 2.52. The number of nitrogens with zero attached hydrogens (tertiary/aromatic N) is 2. The third-order valence-electron chi connectivity index (χ3n) is 4.07. The molecule has 0 aliphatic carbocycles. The van der Waals surface area contributed by atoms with Crippen molar-refractivity contribution in [3.05, 3.63) is 41.5 Å². The normalized spacial score (nSPS) is 16.3. The second kappa shape index (κ2) is 8.48. The summed E-state index contributed by atoms with van der Waals surface area (Å²) in [5.41, 5.74) is 1.67. The Kier molecular flexibility index (Phi) is 6.35. The lowest BCUT2D eigenvalue weighted by atomic mass is 10.1. The third-order valence-corrected chi connectivity index (χ3v) is 4.07. The van der Waals surface area contributed by atoms with Gasteiger partial charge in [0, 0.05) is 31.8 Å². The maximum Gasteiger partial charge on any atom is 0.247 e. The standard InChI is InChI=1S/C18H25N3O2/c1-3-16(13-15-7-5-4-6-8-15)18(23)19-14-17(22)21-11-9-20(2)10-12-21/h4-8,13H,3,9-12,14H2,1-2H3,(H,19,23)/b16-13+. The predicted molar refractivity (Wildman–Crippen MR) is 91.8 cm³/mol. The molecule has 1 aliphatic rings. The highest BCUT2D eigenvalue weighted by Crippen LogP contribution is 2.09. The SMILES string of the molecule is CC/C(=C\c1ccccc1)C(=O)NCC(=O)N1CCN(C)CC1. The zero-order chi connectivity index (χ0) is 16.7. The van der Waals surface area contributed by atoms with Crippen LogP contribution in [-0.2, 0) is 9.59 Å². The Morgan fingerprint density at radius 1 is 1.13 bits per heavy atom. The van der Waals surface area contributed by atoms with Gasteiger partial charge in [-0.25, -0.2) is 0 Å². The van der Waals surface area contributed by atoms with Gasteiger partial charge in [-0.2, -0.15) is 0 Å². The van der Waals surface area contributed by atoms with Crippen molar-refractivity contribution in [2.45, 2.75) is 13.3 Å². The fraction of sp³-hybridized carbons (Fsp3) is 0.444. The molecule has 5 nitrogen and oxygen atoms in total. The molecule has 124 valence electrons. The van der Waals surface area contributed by atoms with E-state index in [-0.39, 0.29) is 18.4 Å². The zero-order valence-electron chi connectivity index (χ0n) is 13.9. The van der Waals surface area contributed by atoms with E-state index in [2.05, 4.69) is 10.2 Å². The van der Waals surface area contributed by atoms with E-state index in [4.69, 9.17) is 0 Å². The van der Waals surface area contributed by atoms with Crippen LogP contribution in [0.3, 0.4) is 0 Å². The summed E-state index contributed by atoms with van der Waals surface area (Å²) in [5, 5.41) is 2.75. The summed E-state index contributed by atoms with van der Waals surface area (Å²) < 4.78 is 0. The highest BCUT2D eigenvalue weighted by Gasteiger charge is 2.19.